The molecule has 1 aliphatic carbocycles. The van der Waals surface area contributed by atoms with Crippen LogP contribution in [0.1, 0.15) is 56.6 Å². The first kappa shape index (κ1) is 21.6. The van der Waals surface area contributed by atoms with Crippen LogP contribution >= 0.6 is 22.9 Å². The highest BCUT2D eigenvalue weighted by Crippen LogP contribution is 2.49. The molecule has 5 rings (SSSR count). The lowest BCUT2D eigenvalue weighted by molar-refractivity contribution is -0.132. The Morgan fingerprint density at radius 1 is 1.19 bits per heavy atom. The molecule has 168 valence electrons. The SMILES string of the molecule is CC(C)Cc1nnc(N2C(=O)C3=C(C(=O)C4CC(C)CCC4O3)C2c2ccc(Cl)cc2)s1. The zero-order chi connectivity index (χ0) is 22.6. The van der Waals surface area contributed by atoms with Crippen LogP contribution < -0.4 is 4.90 Å². The highest BCUT2D eigenvalue weighted by Gasteiger charge is 2.53. The molecule has 1 aromatic heterocycles. The minimum atomic E-state index is -0.583. The van der Waals surface area contributed by atoms with Gasteiger partial charge in [0.05, 0.1) is 17.5 Å². The molecule has 2 aliphatic heterocycles. The molecule has 2 aromatic rings. The number of anilines is 1. The van der Waals surface area contributed by atoms with Crippen molar-refractivity contribution in [3.8, 4) is 0 Å². The number of halogens is 1. The zero-order valence-corrected chi connectivity index (χ0v) is 19.9. The van der Waals surface area contributed by atoms with Crippen molar-refractivity contribution in [3.05, 3.63) is 51.2 Å². The van der Waals surface area contributed by atoms with Crippen molar-refractivity contribution in [2.24, 2.45) is 17.8 Å². The summed E-state index contributed by atoms with van der Waals surface area (Å²) in [6.45, 7) is 6.41. The number of benzene rings is 1. The molecular formula is C24H26ClN3O3S. The first-order chi connectivity index (χ1) is 15.3. The molecule has 3 aliphatic rings. The third-order valence-corrected chi connectivity index (χ3v) is 7.74. The van der Waals surface area contributed by atoms with Gasteiger partial charge in [0.1, 0.15) is 11.1 Å². The van der Waals surface area contributed by atoms with E-state index >= 15 is 0 Å². The normalized spacial score (nSPS) is 27.6. The van der Waals surface area contributed by atoms with E-state index in [2.05, 4.69) is 31.0 Å². The maximum atomic E-state index is 13.7. The van der Waals surface area contributed by atoms with E-state index in [-0.39, 0.29) is 29.5 Å². The monoisotopic (exact) mass is 471 g/mol. The fraction of sp³-hybridized carbons (Fsp3) is 0.500. The summed E-state index contributed by atoms with van der Waals surface area (Å²) in [6.07, 6.45) is 3.16. The van der Waals surface area contributed by atoms with Crippen molar-refractivity contribution in [1.82, 2.24) is 10.2 Å². The minimum absolute atomic E-state index is 0.0329. The molecule has 0 N–H and O–H groups in total. The number of rotatable bonds is 4. The number of amides is 1. The van der Waals surface area contributed by atoms with Crippen LogP contribution in [0.3, 0.4) is 0 Å². The van der Waals surface area contributed by atoms with Crippen LogP contribution in [0.15, 0.2) is 35.6 Å². The standard InChI is InChI=1S/C24H26ClN3O3S/c1-12(2)10-18-26-27-24(32-18)28-20(14-5-7-15(25)8-6-14)19-21(29)16-11-13(3)4-9-17(16)31-22(19)23(28)30/h5-8,12-13,16-17,20H,4,9-11H2,1-3H3. The molecule has 1 amide bonds. The molecule has 3 heterocycles. The lowest BCUT2D eigenvalue weighted by Crippen LogP contribution is -2.41. The molecule has 1 saturated carbocycles. The van der Waals surface area contributed by atoms with Gasteiger partial charge in [-0.05, 0) is 48.8 Å². The third-order valence-electron chi connectivity index (χ3n) is 6.54. The molecule has 0 saturated heterocycles. The Labute approximate surface area is 196 Å². The fourth-order valence-electron chi connectivity index (χ4n) is 5.01. The fourth-order valence-corrected chi connectivity index (χ4v) is 6.21. The number of hydrogen-bond donors (Lipinski definition) is 0. The molecule has 0 radical (unpaired) electrons. The van der Waals surface area contributed by atoms with Crippen molar-refractivity contribution >= 4 is 39.8 Å². The Morgan fingerprint density at radius 2 is 1.94 bits per heavy atom. The number of Topliss-reactive ketones (excluding diaryl/α,β-unsaturated/α-hetero) is 1. The van der Waals surface area contributed by atoms with Crippen molar-refractivity contribution in [2.45, 2.75) is 58.6 Å². The summed E-state index contributed by atoms with van der Waals surface area (Å²) in [5.74, 6) is 0.605. The number of hydrogen-bond acceptors (Lipinski definition) is 6. The number of fused-ring (bicyclic) bond motifs is 1. The number of carbonyl (C=O) groups excluding carboxylic acids is 2. The highest BCUT2D eigenvalue weighted by molar-refractivity contribution is 7.15. The average molecular weight is 472 g/mol. The lowest BCUT2D eigenvalue weighted by Gasteiger charge is -2.37. The van der Waals surface area contributed by atoms with Crippen LogP contribution in [0.25, 0.3) is 0 Å². The first-order valence-electron chi connectivity index (χ1n) is 11.2. The van der Waals surface area contributed by atoms with Crippen LogP contribution in [0.5, 0.6) is 0 Å². The number of nitrogens with zero attached hydrogens (tertiary/aromatic N) is 3. The largest absolute Gasteiger partial charge is 0.483 e. The van der Waals surface area contributed by atoms with Gasteiger partial charge in [0.2, 0.25) is 5.13 Å². The molecule has 0 bridgehead atoms. The molecule has 4 atom stereocenters. The van der Waals surface area contributed by atoms with Crippen LogP contribution in [0.4, 0.5) is 5.13 Å². The van der Waals surface area contributed by atoms with Crippen LogP contribution in [-0.2, 0) is 20.7 Å². The summed E-state index contributed by atoms with van der Waals surface area (Å²) in [5, 5.41) is 10.6. The summed E-state index contributed by atoms with van der Waals surface area (Å²) in [5.41, 5.74) is 1.26. The van der Waals surface area contributed by atoms with Crippen molar-refractivity contribution < 1.29 is 14.3 Å². The van der Waals surface area contributed by atoms with Crippen molar-refractivity contribution in [1.29, 1.82) is 0 Å². The molecule has 6 nitrogen and oxygen atoms in total. The Hall–Kier alpha value is -2.25. The van der Waals surface area contributed by atoms with Gasteiger partial charge in [-0.1, -0.05) is 55.8 Å². The summed E-state index contributed by atoms with van der Waals surface area (Å²) >= 11 is 7.52. The summed E-state index contributed by atoms with van der Waals surface area (Å²) in [4.78, 5) is 28.9. The van der Waals surface area contributed by atoms with E-state index in [0.29, 0.717) is 27.6 Å². The maximum absolute atomic E-state index is 13.7. The Morgan fingerprint density at radius 3 is 2.66 bits per heavy atom. The first-order valence-corrected chi connectivity index (χ1v) is 12.4. The minimum Gasteiger partial charge on any atom is -0.483 e. The summed E-state index contributed by atoms with van der Waals surface area (Å²) in [6, 6.07) is 6.70. The third kappa shape index (κ3) is 3.65. The molecule has 4 unspecified atom stereocenters. The quantitative estimate of drug-likeness (QED) is 0.617. The van der Waals surface area contributed by atoms with E-state index in [4.69, 9.17) is 16.3 Å². The lowest BCUT2D eigenvalue weighted by atomic mass is 9.74. The number of aromatic nitrogens is 2. The number of carbonyl (C=O) groups is 2. The van der Waals surface area contributed by atoms with Gasteiger partial charge in [-0.3, -0.25) is 14.5 Å². The molecular weight excluding hydrogens is 446 g/mol. The Balaban J connectivity index is 1.59. The molecule has 1 aromatic carbocycles. The van der Waals surface area contributed by atoms with Gasteiger partial charge in [0, 0.05) is 11.4 Å². The highest BCUT2D eigenvalue weighted by atomic mass is 35.5. The van der Waals surface area contributed by atoms with Gasteiger partial charge in [-0.25, -0.2) is 0 Å². The second-order valence-electron chi connectivity index (χ2n) is 9.49. The van der Waals surface area contributed by atoms with E-state index in [1.807, 2.05) is 12.1 Å². The van der Waals surface area contributed by atoms with Crippen molar-refractivity contribution in [3.63, 3.8) is 0 Å². The molecule has 0 spiro atoms. The van der Waals surface area contributed by atoms with Crippen molar-refractivity contribution in [2.75, 3.05) is 4.90 Å². The smallest absolute Gasteiger partial charge is 0.296 e. The van der Waals surface area contributed by atoms with E-state index in [0.717, 1.165) is 36.3 Å². The van der Waals surface area contributed by atoms with Crippen LogP contribution in [0, 0.1) is 17.8 Å². The van der Waals surface area contributed by atoms with Gasteiger partial charge in [0.25, 0.3) is 5.91 Å². The Bertz CT molecular complexity index is 1090. The van der Waals surface area contributed by atoms with Gasteiger partial charge >= 0.3 is 0 Å². The summed E-state index contributed by atoms with van der Waals surface area (Å²) < 4.78 is 6.24. The predicted molar refractivity (Wildman–Crippen MR) is 124 cm³/mol. The van der Waals surface area contributed by atoms with E-state index in [9.17, 15) is 9.59 Å². The second kappa shape index (κ2) is 8.27. The zero-order valence-electron chi connectivity index (χ0n) is 18.4. The van der Waals surface area contributed by atoms with Gasteiger partial charge < -0.3 is 4.74 Å². The second-order valence-corrected chi connectivity index (χ2v) is 11.0. The molecule has 8 heteroatoms. The topological polar surface area (TPSA) is 72.4 Å². The number of ether oxygens (including phenoxy) is 1. The maximum Gasteiger partial charge on any atom is 0.296 e. The van der Waals surface area contributed by atoms with E-state index in [1.54, 1.807) is 17.0 Å². The Kier molecular flexibility index (Phi) is 5.58. The van der Waals surface area contributed by atoms with Crippen LogP contribution in [-0.4, -0.2) is 28.0 Å². The predicted octanol–water partition coefficient (Wildman–Crippen LogP) is 5.14. The average Bonchev–Trinajstić information content (AvgIpc) is 3.31. The molecule has 32 heavy (non-hydrogen) atoms. The summed E-state index contributed by atoms with van der Waals surface area (Å²) in [7, 11) is 0. The van der Waals surface area contributed by atoms with Gasteiger partial charge in [-0.15, -0.1) is 10.2 Å². The van der Waals surface area contributed by atoms with Gasteiger partial charge in [0.15, 0.2) is 11.5 Å². The van der Waals surface area contributed by atoms with Gasteiger partial charge in [-0.2, -0.15) is 0 Å². The van der Waals surface area contributed by atoms with E-state index < -0.39 is 6.04 Å². The molecule has 1 fully saturated rings. The van der Waals surface area contributed by atoms with Crippen LogP contribution in [0.2, 0.25) is 5.02 Å². The number of ketones is 1. The van der Waals surface area contributed by atoms with E-state index in [1.165, 1.54) is 11.3 Å².